The standard InChI is InChI=1S/C26H26F3N7O3/c1-14-25(15(2)35(33-14)13-24(37)30-3)21-9-23(20(29)10-31-21)39-19-11-34(12-19)26(38)36-22(4-5-32-36)16-6-17(27)8-18(28)7-16/h5-10,19,22H,4,11-13H2,1-3H3,(H,30,37). The summed E-state index contributed by atoms with van der Waals surface area (Å²) in [6.45, 7) is 3.96. The number of hydrogen-bond donors (Lipinski definition) is 1. The fraction of sp³-hybridized carbons (Fsp3) is 0.346. The van der Waals surface area contributed by atoms with E-state index >= 15 is 0 Å². The molecule has 2 aliphatic rings. The minimum absolute atomic E-state index is 0.0257. The van der Waals surface area contributed by atoms with Crippen LogP contribution >= 0.6 is 0 Å². The summed E-state index contributed by atoms with van der Waals surface area (Å²) in [4.78, 5) is 30.5. The number of benzene rings is 1. The second-order valence-corrected chi connectivity index (χ2v) is 9.40. The highest BCUT2D eigenvalue weighted by Gasteiger charge is 2.39. The van der Waals surface area contributed by atoms with Crippen LogP contribution in [0.25, 0.3) is 11.3 Å². The number of urea groups is 1. The first kappa shape index (κ1) is 26.2. The van der Waals surface area contributed by atoms with E-state index in [2.05, 4.69) is 20.5 Å². The highest BCUT2D eigenvalue weighted by atomic mass is 19.1. The van der Waals surface area contributed by atoms with Crippen LogP contribution in [0.2, 0.25) is 0 Å². The van der Waals surface area contributed by atoms with Crippen LogP contribution < -0.4 is 10.1 Å². The first-order valence-corrected chi connectivity index (χ1v) is 12.3. The number of likely N-dealkylation sites (N-methyl/N-ethyl adjacent to an activating group) is 1. The lowest BCUT2D eigenvalue weighted by atomic mass is 10.0. The Morgan fingerprint density at radius 2 is 1.82 bits per heavy atom. The average molecular weight is 542 g/mol. The van der Waals surface area contributed by atoms with E-state index in [1.54, 1.807) is 18.5 Å². The van der Waals surface area contributed by atoms with Gasteiger partial charge >= 0.3 is 6.03 Å². The second-order valence-electron chi connectivity index (χ2n) is 9.40. The Labute approximate surface area is 222 Å². The Hall–Kier alpha value is -4.42. The summed E-state index contributed by atoms with van der Waals surface area (Å²) in [6, 6.07) is 3.54. The number of ether oxygens (including phenoxy) is 1. The van der Waals surface area contributed by atoms with Gasteiger partial charge in [0.15, 0.2) is 11.6 Å². The number of nitrogens with one attached hydrogen (secondary N) is 1. The van der Waals surface area contributed by atoms with Crippen LogP contribution in [-0.2, 0) is 11.3 Å². The van der Waals surface area contributed by atoms with Crippen LogP contribution in [-0.4, -0.2) is 69.1 Å². The molecule has 39 heavy (non-hydrogen) atoms. The molecule has 1 saturated heterocycles. The number of hydrogen-bond acceptors (Lipinski definition) is 6. The summed E-state index contributed by atoms with van der Waals surface area (Å²) in [5, 5.41) is 12.2. The molecule has 0 saturated carbocycles. The molecule has 0 bridgehead atoms. The molecule has 10 nitrogen and oxygen atoms in total. The summed E-state index contributed by atoms with van der Waals surface area (Å²) in [7, 11) is 1.54. The Morgan fingerprint density at radius 3 is 2.51 bits per heavy atom. The molecule has 0 aliphatic carbocycles. The summed E-state index contributed by atoms with van der Waals surface area (Å²) in [5.41, 5.74) is 2.73. The highest BCUT2D eigenvalue weighted by Crippen LogP contribution is 2.33. The van der Waals surface area contributed by atoms with Crippen molar-refractivity contribution in [3.8, 4) is 17.0 Å². The fourth-order valence-corrected chi connectivity index (χ4v) is 4.72. The number of carbonyl (C=O) groups excluding carboxylic acids is 2. The van der Waals surface area contributed by atoms with Gasteiger partial charge < -0.3 is 15.0 Å². The third-order valence-corrected chi connectivity index (χ3v) is 6.74. The van der Waals surface area contributed by atoms with Gasteiger partial charge in [-0.05, 0) is 31.5 Å². The van der Waals surface area contributed by atoms with Gasteiger partial charge in [0, 0.05) is 43.1 Å². The van der Waals surface area contributed by atoms with E-state index in [-0.39, 0.29) is 31.3 Å². The summed E-state index contributed by atoms with van der Waals surface area (Å²) in [6.07, 6.45) is 2.43. The van der Waals surface area contributed by atoms with Crippen molar-refractivity contribution in [1.29, 1.82) is 0 Å². The van der Waals surface area contributed by atoms with Crippen LogP contribution in [0.4, 0.5) is 18.0 Å². The Kier molecular flexibility index (Phi) is 6.98. The number of rotatable bonds is 6. The second kappa shape index (κ2) is 10.4. The molecule has 1 aromatic carbocycles. The van der Waals surface area contributed by atoms with E-state index in [4.69, 9.17) is 4.74 Å². The van der Waals surface area contributed by atoms with Gasteiger partial charge in [0.05, 0.1) is 36.7 Å². The van der Waals surface area contributed by atoms with E-state index in [1.165, 1.54) is 41.4 Å². The molecule has 1 fully saturated rings. The lowest BCUT2D eigenvalue weighted by Crippen LogP contribution is -2.58. The minimum Gasteiger partial charge on any atom is -0.483 e. The lowest BCUT2D eigenvalue weighted by Gasteiger charge is -2.41. The first-order chi connectivity index (χ1) is 18.6. The average Bonchev–Trinajstić information content (AvgIpc) is 3.46. The predicted octanol–water partition coefficient (Wildman–Crippen LogP) is 3.34. The third-order valence-electron chi connectivity index (χ3n) is 6.74. The van der Waals surface area contributed by atoms with Crippen molar-refractivity contribution < 1.29 is 27.5 Å². The van der Waals surface area contributed by atoms with Crippen LogP contribution in [0.5, 0.6) is 5.75 Å². The molecular formula is C26H26F3N7O3. The Balaban J connectivity index is 1.26. The van der Waals surface area contributed by atoms with Gasteiger partial charge in [-0.2, -0.15) is 10.2 Å². The fourth-order valence-electron chi connectivity index (χ4n) is 4.72. The van der Waals surface area contributed by atoms with Gasteiger partial charge in [0.2, 0.25) is 5.91 Å². The maximum absolute atomic E-state index is 14.6. The monoisotopic (exact) mass is 541 g/mol. The van der Waals surface area contributed by atoms with Crippen LogP contribution in [0.3, 0.4) is 0 Å². The van der Waals surface area contributed by atoms with Gasteiger partial charge in [-0.15, -0.1) is 0 Å². The lowest BCUT2D eigenvalue weighted by molar-refractivity contribution is -0.121. The van der Waals surface area contributed by atoms with Crippen LogP contribution in [0.1, 0.15) is 29.4 Å². The van der Waals surface area contributed by atoms with E-state index in [1.807, 2.05) is 0 Å². The number of carbonyl (C=O) groups is 2. The van der Waals surface area contributed by atoms with Gasteiger partial charge in [-0.1, -0.05) is 0 Å². The SMILES string of the molecule is CNC(=O)Cn1nc(C)c(-c2cc(OC3CN(C(=O)N4N=CCC4c4cc(F)cc(F)c4)C3)c(F)cn2)c1C. The number of amides is 3. The van der Waals surface area contributed by atoms with E-state index in [0.717, 1.165) is 12.3 Å². The molecule has 3 aromatic rings. The van der Waals surface area contributed by atoms with Gasteiger partial charge in [-0.3, -0.25) is 14.5 Å². The van der Waals surface area contributed by atoms with Gasteiger partial charge in [0.25, 0.3) is 0 Å². The van der Waals surface area contributed by atoms with Crippen molar-refractivity contribution in [3.63, 3.8) is 0 Å². The molecule has 2 aromatic heterocycles. The van der Waals surface area contributed by atoms with Crippen molar-refractivity contribution in [3.05, 3.63) is 64.9 Å². The topological polar surface area (TPSA) is 105 Å². The summed E-state index contributed by atoms with van der Waals surface area (Å²) >= 11 is 0. The number of aromatic nitrogens is 3. The van der Waals surface area contributed by atoms with Crippen molar-refractivity contribution in [1.82, 2.24) is 30.0 Å². The third kappa shape index (κ3) is 5.16. The normalized spacial score (nSPS) is 16.9. The van der Waals surface area contributed by atoms with Gasteiger partial charge in [0.1, 0.15) is 24.3 Å². The molecule has 1 unspecified atom stereocenters. The maximum Gasteiger partial charge on any atom is 0.341 e. The minimum atomic E-state index is -0.732. The number of likely N-dealkylation sites (tertiary alicyclic amines) is 1. The maximum atomic E-state index is 14.6. The molecule has 0 radical (unpaired) electrons. The van der Waals surface area contributed by atoms with Crippen LogP contribution in [0, 0.1) is 31.3 Å². The number of pyridine rings is 1. The Bertz CT molecular complexity index is 1450. The summed E-state index contributed by atoms with van der Waals surface area (Å²) in [5.74, 6) is -2.35. The smallest absolute Gasteiger partial charge is 0.341 e. The zero-order valence-corrected chi connectivity index (χ0v) is 21.5. The molecule has 204 valence electrons. The molecule has 5 rings (SSSR count). The van der Waals surface area contributed by atoms with Gasteiger partial charge in [-0.25, -0.2) is 23.0 Å². The van der Waals surface area contributed by atoms with Crippen molar-refractivity contribution in [2.24, 2.45) is 5.10 Å². The van der Waals surface area contributed by atoms with E-state index in [0.29, 0.717) is 34.6 Å². The number of hydrazone groups is 1. The van der Waals surface area contributed by atoms with E-state index in [9.17, 15) is 22.8 Å². The number of nitrogens with zero attached hydrogens (tertiary/aromatic N) is 6. The molecular weight excluding hydrogens is 515 g/mol. The highest BCUT2D eigenvalue weighted by molar-refractivity contribution is 5.79. The number of aryl methyl sites for hydroxylation is 1. The van der Waals surface area contributed by atoms with Crippen molar-refractivity contribution in [2.45, 2.75) is 39.0 Å². The number of halogens is 3. The zero-order chi connectivity index (χ0) is 27.8. The first-order valence-electron chi connectivity index (χ1n) is 12.3. The van der Waals surface area contributed by atoms with Crippen molar-refractivity contribution >= 4 is 18.2 Å². The molecule has 3 amide bonds. The van der Waals surface area contributed by atoms with Crippen molar-refractivity contribution in [2.75, 3.05) is 20.1 Å². The quantitative estimate of drug-likeness (QED) is 0.516. The molecule has 2 aliphatic heterocycles. The molecule has 13 heteroatoms. The largest absolute Gasteiger partial charge is 0.483 e. The van der Waals surface area contributed by atoms with E-state index < -0.39 is 35.6 Å². The summed E-state index contributed by atoms with van der Waals surface area (Å²) < 4.78 is 49.4. The molecule has 1 N–H and O–H groups in total. The zero-order valence-electron chi connectivity index (χ0n) is 21.5. The Morgan fingerprint density at radius 1 is 1.10 bits per heavy atom. The van der Waals surface area contributed by atoms with Crippen LogP contribution in [0.15, 0.2) is 35.6 Å². The molecule has 1 atom stereocenters. The molecule has 0 spiro atoms. The molecule has 4 heterocycles. The predicted molar refractivity (Wildman–Crippen MR) is 134 cm³/mol.